The fourth-order valence-corrected chi connectivity index (χ4v) is 2.61. The smallest absolute Gasteiger partial charge is 0.225 e. The second-order valence-corrected chi connectivity index (χ2v) is 5.38. The third-order valence-corrected chi connectivity index (χ3v) is 3.90. The van der Waals surface area contributed by atoms with Crippen LogP contribution in [0.15, 0.2) is 0 Å². The van der Waals surface area contributed by atoms with E-state index in [1.54, 1.807) is 0 Å². The Kier molecular flexibility index (Phi) is 4.97. The van der Waals surface area contributed by atoms with Gasteiger partial charge in [0, 0.05) is 19.0 Å². The molecule has 2 unspecified atom stereocenters. The zero-order valence-corrected chi connectivity index (χ0v) is 11.0. The molecule has 1 rings (SSSR count). The van der Waals surface area contributed by atoms with Gasteiger partial charge in [0.1, 0.15) is 0 Å². The maximum Gasteiger partial charge on any atom is 0.225 e. The van der Waals surface area contributed by atoms with Crippen LogP contribution in [-0.2, 0) is 4.79 Å². The summed E-state index contributed by atoms with van der Waals surface area (Å²) >= 11 is 4.37. The summed E-state index contributed by atoms with van der Waals surface area (Å²) in [5.74, 6) is 2.57. The van der Waals surface area contributed by atoms with E-state index >= 15 is 0 Å². The molecule has 88 valence electrons. The van der Waals surface area contributed by atoms with Crippen molar-refractivity contribution < 1.29 is 4.79 Å². The molecule has 1 fully saturated rings. The number of nitrogens with zero attached hydrogens (tertiary/aromatic N) is 1. The van der Waals surface area contributed by atoms with Crippen molar-refractivity contribution in [3.63, 3.8) is 0 Å². The summed E-state index contributed by atoms with van der Waals surface area (Å²) in [7, 11) is 0. The Hall–Kier alpha value is -0.180. The van der Waals surface area contributed by atoms with E-state index < -0.39 is 0 Å². The number of rotatable bonds is 4. The normalized spacial score (nSPS) is 24.7. The predicted molar refractivity (Wildman–Crippen MR) is 67.2 cm³/mol. The Balaban J connectivity index is 2.52. The monoisotopic (exact) mass is 229 g/mol. The van der Waals surface area contributed by atoms with Crippen molar-refractivity contribution in [3.8, 4) is 0 Å². The largest absolute Gasteiger partial charge is 0.342 e. The number of carbonyl (C=O) groups is 1. The summed E-state index contributed by atoms with van der Waals surface area (Å²) in [6.07, 6.45) is 2.22. The van der Waals surface area contributed by atoms with E-state index in [-0.39, 0.29) is 5.92 Å². The first-order valence-corrected chi connectivity index (χ1v) is 6.59. The quantitative estimate of drug-likeness (QED) is 0.734. The average molecular weight is 229 g/mol. The number of carbonyl (C=O) groups excluding carboxylic acids is 1. The van der Waals surface area contributed by atoms with E-state index in [9.17, 15) is 4.79 Å². The van der Waals surface area contributed by atoms with E-state index in [1.165, 1.54) is 0 Å². The lowest BCUT2D eigenvalue weighted by atomic mass is 9.94. The Bertz CT molecular complexity index is 218. The lowest BCUT2D eigenvalue weighted by Gasteiger charge is -2.34. The van der Waals surface area contributed by atoms with Gasteiger partial charge in [0.05, 0.1) is 0 Å². The maximum atomic E-state index is 11.9. The van der Waals surface area contributed by atoms with E-state index in [0.29, 0.717) is 17.7 Å². The van der Waals surface area contributed by atoms with Gasteiger partial charge >= 0.3 is 0 Å². The molecule has 0 aromatic carbocycles. The Morgan fingerprint density at radius 2 is 2.20 bits per heavy atom. The van der Waals surface area contributed by atoms with Crippen molar-refractivity contribution >= 4 is 18.5 Å². The minimum Gasteiger partial charge on any atom is -0.342 e. The summed E-state index contributed by atoms with van der Waals surface area (Å²) in [5.41, 5.74) is 0. The van der Waals surface area contributed by atoms with E-state index in [4.69, 9.17) is 0 Å². The third kappa shape index (κ3) is 3.40. The Morgan fingerprint density at radius 1 is 1.53 bits per heavy atom. The first-order valence-electron chi connectivity index (χ1n) is 5.96. The van der Waals surface area contributed by atoms with Gasteiger partial charge in [0.15, 0.2) is 0 Å². The molecule has 2 nitrogen and oxygen atoms in total. The first-order chi connectivity index (χ1) is 7.06. The fourth-order valence-electron chi connectivity index (χ4n) is 2.08. The van der Waals surface area contributed by atoms with Crippen molar-refractivity contribution in [1.29, 1.82) is 0 Å². The summed E-state index contributed by atoms with van der Waals surface area (Å²) < 4.78 is 0. The molecule has 15 heavy (non-hydrogen) atoms. The molecular formula is C12H23NOS. The van der Waals surface area contributed by atoms with Gasteiger partial charge in [-0.05, 0) is 30.4 Å². The second-order valence-electron chi connectivity index (χ2n) is 5.01. The van der Waals surface area contributed by atoms with Gasteiger partial charge in [0.25, 0.3) is 0 Å². The summed E-state index contributed by atoms with van der Waals surface area (Å²) in [5, 5.41) is 0. The van der Waals surface area contributed by atoms with Crippen molar-refractivity contribution in [1.82, 2.24) is 4.90 Å². The lowest BCUT2D eigenvalue weighted by Crippen LogP contribution is -2.43. The van der Waals surface area contributed by atoms with Crippen LogP contribution < -0.4 is 0 Å². The van der Waals surface area contributed by atoms with Crippen LogP contribution >= 0.6 is 12.6 Å². The van der Waals surface area contributed by atoms with Crippen molar-refractivity contribution in [2.45, 2.75) is 33.6 Å². The van der Waals surface area contributed by atoms with Crippen LogP contribution in [0.25, 0.3) is 0 Å². The van der Waals surface area contributed by atoms with E-state index in [1.807, 2.05) is 11.8 Å². The van der Waals surface area contributed by atoms with Crippen LogP contribution in [-0.4, -0.2) is 29.6 Å². The van der Waals surface area contributed by atoms with Crippen LogP contribution in [0.2, 0.25) is 0 Å². The zero-order valence-electron chi connectivity index (χ0n) is 10.1. The van der Waals surface area contributed by atoms with Crippen LogP contribution in [0.4, 0.5) is 0 Å². The molecule has 0 aliphatic carbocycles. The summed E-state index contributed by atoms with van der Waals surface area (Å²) in [4.78, 5) is 13.9. The van der Waals surface area contributed by atoms with Crippen LogP contribution in [0, 0.1) is 17.8 Å². The number of likely N-dealkylation sites (tertiary alicyclic amines) is 1. The van der Waals surface area contributed by atoms with Gasteiger partial charge in [-0.1, -0.05) is 20.8 Å². The van der Waals surface area contributed by atoms with Gasteiger partial charge < -0.3 is 4.90 Å². The molecule has 0 radical (unpaired) electrons. The highest BCUT2D eigenvalue weighted by Gasteiger charge is 2.27. The molecular weight excluding hydrogens is 206 g/mol. The summed E-state index contributed by atoms with van der Waals surface area (Å²) in [6, 6.07) is 0. The van der Waals surface area contributed by atoms with Gasteiger partial charge in [-0.3, -0.25) is 4.79 Å². The predicted octanol–water partition coefficient (Wildman–Crippen LogP) is 2.45. The average Bonchev–Trinajstić information content (AvgIpc) is 2.19. The number of amides is 1. The van der Waals surface area contributed by atoms with E-state index in [0.717, 1.165) is 31.7 Å². The summed E-state index contributed by atoms with van der Waals surface area (Å²) in [6.45, 7) is 8.29. The van der Waals surface area contributed by atoms with Crippen LogP contribution in [0.3, 0.4) is 0 Å². The zero-order chi connectivity index (χ0) is 11.4. The molecule has 1 aliphatic rings. The molecule has 1 aliphatic heterocycles. The van der Waals surface area contributed by atoms with Gasteiger partial charge in [0.2, 0.25) is 5.91 Å². The molecule has 0 saturated carbocycles. The van der Waals surface area contributed by atoms with Crippen molar-refractivity contribution in [2.75, 3.05) is 18.8 Å². The van der Waals surface area contributed by atoms with Crippen LogP contribution in [0.1, 0.15) is 33.6 Å². The van der Waals surface area contributed by atoms with E-state index in [2.05, 4.69) is 26.5 Å². The standard InChI is InChI=1S/C12H23NOS/c1-9(2)11(8-15)7-13-6-4-5-10(3)12(13)14/h9-11,15H,4-8H2,1-3H3. The second kappa shape index (κ2) is 5.78. The molecule has 0 aromatic heterocycles. The lowest BCUT2D eigenvalue weighted by molar-refractivity contribution is -0.138. The highest BCUT2D eigenvalue weighted by atomic mass is 32.1. The first kappa shape index (κ1) is 12.9. The van der Waals surface area contributed by atoms with Gasteiger partial charge in [-0.25, -0.2) is 0 Å². The van der Waals surface area contributed by atoms with Crippen molar-refractivity contribution in [3.05, 3.63) is 0 Å². The maximum absolute atomic E-state index is 11.9. The number of piperidine rings is 1. The van der Waals surface area contributed by atoms with Gasteiger partial charge in [-0.2, -0.15) is 12.6 Å². The Morgan fingerprint density at radius 3 is 2.73 bits per heavy atom. The Labute approximate surface area is 98.8 Å². The fraction of sp³-hybridized carbons (Fsp3) is 0.917. The molecule has 0 aromatic rings. The molecule has 0 N–H and O–H groups in total. The highest BCUT2D eigenvalue weighted by molar-refractivity contribution is 7.80. The van der Waals surface area contributed by atoms with Crippen LogP contribution in [0.5, 0.6) is 0 Å². The number of thiol groups is 1. The minimum atomic E-state index is 0.228. The molecule has 1 heterocycles. The minimum absolute atomic E-state index is 0.228. The molecule has 1 saturated heterocycles. The van der Waals surface area contributed by atoms with Crippen molar-refractivity contribution in [2.24, 2.45) is 17.8 Å². The molecule has 2 atom stereocenters. The highest BCUT2D eigenvalue weighted by Crippen LogP contribution is 2.21. The van der Waals surface area contributed by atoms with Gasteiger partial charge in [-0.15, -0.1) is 0 Å². The SMILES string of the molecule is CC1CCCN(CC(CS)C(C)C)C1=O. The molecule has 0 bridgehead atoms. The third-order valence-electron chi connectivity index (χ3n) is 3.43. The number of hydrogen-bond acceptors (Lipinski definition) is 2. The topological polar surface area (TPSA) is 20.3 Å². The number of hydrogen-bond donors (Lipinski definition) is 1. The molecule has 1 amide bonds. The molecule has 0 spiro atoms. The molecule has 3 heteroatoms.